The van der Waals surface area contributed by atoms with Crippen molar-refractivity contribution in [2.45, 2.75) is 6.61 Å². The van der Waals surface area contributed by atoms with E-state index in [1.807, 2.05) is 0 Å². The van der Waals surface area contributed by atoms with Gasteiger partial charge in [0.1, 0.15) is 29.9 Å². The topological polar surface area (TPSA) is 91.3 Å². The molecule has 0 fully saturated rings. The molecular weight excluding hydrogens is 376 g/mol. The first-order valence-electron chi connectivity index (χ1n) is 7.69. The normalized spacial score (nSPS) is 10.9. The highest BCUT2D eigenvalue weighted by atomic mass is 35.5. The van der Waals surface area contributed by atoms with Gasteiger partial charge in [-0.2, -0.15) is 0 Å². The van der Waals surface area contributed by atoms with Gasteiger partial charge in [-0.15, -0.1) is 0 Å². The number of ether oxygens (including phenoxy) is 4. The molecule has 2 aromatic rings. The summed E-state index contributed by atoms with van der Waals surface area (Å²) in [4.78, 5) is 23.5. The van der Waals surface area contributed by atoms with E-state index >= 15 is 0 Å². The van der Waals surface area contributed by atoms with E-state index in [0.29, 0.717) is 16.3 Å². The Labute approximate surface area is 160 Å². The molecule has 0 aliphatic carbocycles. The second-order valence-electron chi connectivity index (χ2n) is 5.15. The first kappa shape index (κ1) is 20.1. The van der Waals surface area contributed by atoms with Crippen LogP contribution in [0.15, 0.2) is 54.5 Å². The molecule has 0 heterocycles. The van der Waals surface area contributed by atoms with Crippen molar-refractivity contribution in [1.82, 2.24) is 0 Å². The van der Waals surface area contributed by atoms with Crippen LogP contribution in [0.3, 0.4) is 0 Å². The van der Waals surface area contributed by atoms with Crippen LogP contribution in [0.5, 0.6) is 11.5 Å². The molecule has 2 aromatic carbocycles. The lowest BCUT2D eigenvalue weighted by Crippen LogP contribution is -2.14. The number of benzene rings is 2. The van der Waals surface area contributed by atoms with Crippen LogP contribution in [-0.2, 0) is 20.9 Å². The van der Waals surface area contributed by atoms with E-state index in [1.165, 1.54) is 20.3 Å². The highest BCUT2D eigenvalue weighted by Gasteiger charge is 2.21. The standard InChI is InChI=1S/C19H17ClO7/c1-24-11-16(19(23)25-2)27-15-5-3-4-12(17(15)18(21)22)10-26-14-8-6-13(20)7-9-14/h3-9,11H,10H2,1-2H3,(H,21,22). The molecule has 142 valence electrons. The molecule has 0 bridgehead atoms. The van der Waals surface area contributed by atoms with Crippen molar-refractivity contribution < 1.29 is 33.6 Å². The molecular formula is C19H17ClO7. The van der Waals surface area contributed by atoms with Crippen molar-refractivity contribution >= 4 is 23.5 Å². The Bertz CT molecular complexity index is 844. The quantitative estimate of drug-likeness (QED) is 0.416. The number of carbonyl (C=O) groups excluding carboxylic acids is 1. The van der Waals surface area contributed by atoms with Gasteiger partial charge in [-0.3, -0.25) is 0 Å². The van der Waals surface area contributed by atoms with Crippen LogP contribution >= 0.6 is 11.6 Å². The fraction of sp³-hybridized carbons (Fsp3) is 0.158. The zero-order valence-corrected chi connectivity index (χ0v) is 15.4. The molecule has 0 aromatic heterocycles. The molecule has 0 atom stereocenters. The van der Waals surface area contributed by atoms with Gasteiger partial charge in [0, 0.05) is 10.6 Å². The molecule has 0 spiro atoms. The number of hydrogen-bond donors (Lipinski definition) is 1. The smallest absolute Gasteiger partial charge is 0.377 e. The van der Waals surface area contributed by atoms with E-state index < -0.39 is 11.9 Å². The number of methoxy groups -OCH3 is 2. The highest BCUT2D eigenvalue weighted by Crippen LogP contribution is 2.26. The third-order valence-electron chi connectivity index (χ3n) is 3.37. The van der Waals surface area contributed by atoms with Crippen LogP contribution in [0.4, 0.5) is 0 Å². The van der Waals surface area contributed by atoms with Gasteiger partial charge in [0.05, 0.1) is 14.2 Å². The number of carboxylic acids is 1. The lowest BCUT2D eigenvalue weighted by Gasteiger charge is -2.14. The number of rotatable bonds is 8. The summed E-state index contributed by atoms with van der Waals surface area (Å²) < 4.78 is 20.4. The predicted molar refractivity (Wildman–Crippen MR) is 96.9 cm³/mol. The Hall–Kier alpha value is -3.19. The average Bonchev–Trinajstić information content (AvgIpc) is 2.66. The summed E-state index contributed by atoms with van der Waals surface area (Å²) in [6.07, 6.45) is 1.02. The number of hydrogen-bond acceptors (Lipinski definition) is 6. The molecule has 7 nitrogen and oxygen atoms in total. The van der Waals surface area contributed by atoms with E-state index in [1.54, 1.807) is 36.4 Å². The Morgan fingerprint density at radius 1 is 1.11 bits per heavy atom. The van der Waals surface area contributed by atoms with E-state index in [0.717, 1.165) is 6.26 Å². The molecule has 0 amide bonds. The van der Waals surface area contributed by atoms with E-state index in [-0.39, 0.29) is 23.7 Å². The van der Waals surface area contributed by atoms with Crippen molar-refractivity contribution in [2.75, 3.05) is 14.2 Å². The third-order valence-corrected chi connectivity index (χ3v) is 3.62. The van der Waals surface area contributed by atoms with Gasteiger partial charge in [0.2, 0.25) is 5.76 Å². The van der Waals surface area contributed by atoms with Gasteiger partial charge >= 0.3 is 11.9 Å². The number of carbonyl (C=O) groups is 2. The molecule has 1 N–H and O–H groups in total. The van der Waals surface area contributed by atoms with Crippen LogP contribution in [-0.4, -0.2) is 31.3 Å². The molecule has 0 saturated heterocycles. The molecule has 2 rings (SSSR count). The maximum Gasteiger partial charge on any atom is 0.377 e. The number of halogens is 1. The van der Waals surface area contributed by atoms with Gasteiger partial charge in [-0.1, -0.05) is 23.7 Å². The number of carboxylic acid groups (broad SMARTS) is 1. The minimum absolute atomic E-state index is 0.0258. The minimum Gasteiger partial charge on any atom is -0.500 e. The molecule has 0 radical (unpaired) electrons. The van der Waals surface area contributed by atoms with Crippen molar-refractivity contribution in [1.29, 1.82) is 0 Å². The second kappa shape index (κ2) is 9.49. The van der Waals surface area contributed by atoms with Crippen LogP contribution < -0.4 is 9.47 Å². The zero-order chi connectivity index (χ0) is 19.8. The molecule has 8 heteroatoms. The highest BCUT2D eigenvalue weighted by molar-refractivity contribution is 6.30. The fourth-order valence-electron chi connectivity index (χ4n) is 2.16. The third kappa shape index (κ3) is 5.39. The summed E-state index contributed by atoms with van der Waals surface area (Å²) >= 11 is 5.82. The van der Waals surface area contributed by atoms with Crippen LogP contribution in [0.2, 0.25) is 5.02 Å². The van der Waals surface area contributed by atoms with Crippen molar-refractivity contribution in [3.63, 3.8) is 0 Å². The zero-order valence-electron chi connectivity index (χ0n) is 14.6. The first-order chi connectivity index (χ1) is 13.0. The van der Waals surface area contributed by atoms with Crippen molar-refractivity contribution in [3.05, 3.63) is 70.6 Å². The van der Waals surface area contributed by atoms with Gasteiger partial charge in [-0.25, -0.2) is 9.59 Å². The van der Waals surface area contributed by atoms with E-state index in [4.69, 9.17) is 25.8 Å². The van der Waals surface area contributed by atoms with Crippen LogP contribution in [0.1, 0.15) is 15.9 Å². The Balaban J connectivity index is 2.30. The van der Waals surface area contributed by atoms with Crippen LogP contribution in [0, 0.1) is 0 Å². The van der Waals surface area contributed by atoms with Gasteiger partial charge < -0.3 is 24.1 Å². The lowest BCUT2D eigenvalue weighted by molar-refractivity contribution is -0.138. The molecule has 27 heavy (non-hydrogen) atoms. The van der Waals surface area contributed by atoms with Gasteiger partial charge in [-0.05, 0) is 30.3 Å². The van der Waals surface area contributed by atoms with Crippen LogP contribution in [0.25, 0.3) is 0 Å². The molecule has 0 unspecified atom stereocenters. The summed E-state index contributed by atoms with van der Waals surface area (Å²) in [6.45, 7) is -0.0258. The summed E-state index contributed by atoms with van der Waals surface area (Å²) in [5.74, 6) is -1.86. The Kier molecular flexibility index (Phi) is 7.08. The summed E-state index contributed by atoms with van der Waals surface area (Å²) in [5, 5.41) is 10.2. The van der Waals surface area contributed by atoms with Gasteiger partial charge in [0.15, 0.2) is 0 Å². The summed E-state index contributed by atoms with van der Waals surface area (Å²) in [7, 11) is 2.49. The monoisotopic (exact) mass is 392 g/mol. The van der Waals surface area contributed by atoms with Crippen molar-refractivity contribution in [3.8, 4) is 11.5 Å². The van der Waals surface area contributed by atoms with Crippen molar-refractivity contribution in [2.24, 2.45) is 0 Å². The molecule has 0 aliphatic heterocycles. The lowest BCUT2D eigenvalue weighted by atomic mass is 10.1. The Morgan fingerprint density at radius 3 is 2.41 bits per heavy atom. The first-order valence-corrected chi connectivity index (χ1v) is 8.06. The van der Waals surface area contributed by atoms with E-state index in [2.05, 4.69) is 4.74 Å². The maximum atomic E-state index is 11.8. The molecule has 0 saturated carbocycles. The Morgan fingerprint density at radius 2 is 1.81 bits per heavy atom. The minimum atomic E-state index is -1.23. The van der Waals surface area contributed by atoms with E-state index in [9.17, 15) is 14.7 Å². The average molecular weight is 393 g/mol. The largest absolute Gasteiger partial charge is 0.500 e. The maximum absolute atomic E-state index is 11.8. The summed E-state index contributed by atoms with van der Waals surface area (Å²) in [5.41, 5.74) is 0.217. The van der Waals surface area contributed by atoms with Gasteiger partial charge in [0.25, 0.3) is 0 Å². The summed E-state index contributed by atoms with van der Waals surface area (Å²) in [6, 6.07) is 11.2. The predicted octanol–water partition coefficient (Wildman–Crippen LogP) is 3.66. The molecule has 0 aliphatic rings. The number of aromatic carboxylic acids is 1. The number of esters is 1. The SMILES string of the molecule is COC=C(Oc1cccc(COc2ccc(Cl)cc2)c1C(=O)O)C(=O)OC. The second-order valence-corrected chi connectivity index (χ2v) is 5.59. The fourth-order valence-corrected chi connectivity index (χ4v) is 2.28.